The molecule has 0 radical (unpaired) electrons. The Morgan fingerprint density at radius 2 is 1.97 bits per heavy atom. The third-order valence-corrected chi connectivity index (χ3v) is 4.37. The van der Waals surface area contributed by atoms with Gasteiger partial charge in [-0.25, -0.2) is 14.4 Å². The van der Waals surface area contributed by atoms with E-state index < -0.39 is 5.82 Å². The van der Waals surface area contributed by atoms with E-state index in [0.29, 0.717) is 11.3 Å². The maximum absolute atomic E-state index is 14.5. The fourth-order valence-corrected chi connectivity index (χ4v) is 3.01. The van der Waals surface area contributed by atoms with Crippen molar-refractivity contribution in [2.24, 2.45) is 0 Å². The van der Waals surface area contributed by atoms with Gasteiger partial charge in [0.25, 0.3) is 0 Å². The van der Waals surface area contributed by atoms with Crippen molar-refractivity contribution in [1.82, 2.24) is 15.1 Å². The molecular weight excluding hydrogens is 371 g/mol. The smallest absolute Gasteiger partial charge is 0.241 e. The third-order valence-electron chi connectivity index (χ3n) is 4.37. The number of rotatable bonds is 5. The highest BCUT2D eigenvalue weighted by Gasteiger charge is 2.24. The Morgan fingerprint density at radius 1 is 1.14 bits per heavy atom. The van der Waals surface area contributed by atoms with Crippen LogP contribution >= 0.6 is 0 Å². The van der Waals surface area contributed by atoms with E-state index in [1.165, 1.54) is 12.4 Å². The van der Waals surface area contributed by atoms with E-state index in [9.17, 15) is 9.18 Å². The Hall–Kier alpha value is -3.87. The normalized spacial score (nSPS) is 10.7. The average molecular weight is 388 g/mol. The number of hydrogen-bond donors (Lipinski definition) is 1. The van der Waals surface area contributed by atoms with Crippen LogP contribution in [0.4, 0.5) is 10.3 Å². The van der Waals surface area contributed by atoms with E-state index in [1.807, 2.05) is 37.3 Å². The molecule has 2 aromatic heterocycles. The molecule has 0 unspecified atom stereocenters. The Kier molecular flexibility index (Phi) is 5.11. The topological polar surface area (TPSA) is 80.9 Å². The Morgan fingerprint density at radius 3 is 2.72 bits per heavy atom. The molecule has 0 spiro atoms. The van der Waals surface area contributed by atoms with Crippen LogP contribution in [0, 0.1) is 12.7 Å². The molecule has 2 heterocycles. The van der Waals surface area contributed by atoms with Crippen LogP contribution in [0.25, 0.3) is 22.5 Å². The van der Waals surface area contributed by atoms with Gasteiger partial charge in [-0.2, -0.15) is 0 Å². The van der Waals surface area contributed by atoms with Crippen LogP contribution in [0.1, 0.15) is 11.1 Å². The summed E-state index contributed by atoms with van der Waals surface area (Å²) < 4.78 is 19.9. The number of aromatic nitrogens is 3. The Bertz CT molecular complexity index is 1140. The van der Waals surface area contributed by atoms with Crippen molar-refractivity contribution in [1.29, 1.82) is 0 Å². The summed E-state index contributed by atoms with van der Waals surface area (Å²) >= 11 is 0. The number of benzene rings is 2. The van der Waals surface area contributed by atoms with Crippen LogP contribution in [0.15, 0.2) is 71.6 Å². The van der Waals surface area contributed by atoms with Crippen LogP contribution in [0.2, 0.25) is 0 Å². The molecule has 2 aromatic carbocycles. The van der Waals surface area contributed by atoms with Gasteiger partial charge < -0.3 is 4.52 Å². The standard InChI is InChI=1S/C22H17FN4O2/c1-14-7-8-17(23)16(11-14)21-20(18-9-10-24-13-25-18)22(29-27-21)26-19(28)12-15-5-3-2-4-6-15/h2-11,13H,12H2,1H3,(H,26,28). The Balaban J connectivity index is 1.74. The van der Waals surface area contributed by atoms with E-state index in [-0.39, 0.29) is 29.5 Å². The summed E-state index contributed by atoms with van der Waals surface area (Å²) in [5.41, 5.74) is 3.13. The molecule has 0 aliphatic carbocycles. The molecule has 7 heteroatoms. The van der Waals surface area contributed by atoms with E-state index in [1.54, 1.807) is 24.4 Å². The first-order chi connectivity index (χ1) is 14.1. The molecule has 4 rings (SSSR count). The minimum Gasteiger partial charge on any atom is -0.337 e. The molecule has 0 saturated heterocycles. The largest absolute Gasteiger partial charge is 0.337 e. The molecule has 0 saturated carbocycles. The highest BCUT2D eigenvalue weighted by molar-refractivity contribution is 5.97. The molecule has 6 nitrogen and oxygen atoms in total. The summed E-state index contributed by atoms with van der Waals surface area (Å²) in [6, 6.07) is 15.7. The summed E-state index contributed by atoms with van der Waals surface area (Å²) in [6.07, 6.45) is 3.09. The molecule has 1 amide bonds. The van der Waals surface area contributed by atoms with Gasteiger partial charge in [0, 0.05) is 11.8 Å². The molecule has 0 aliphatic rings. The number of carbonyl (C=O) groups is 1. The van der Waals surface area contributed by atoms with E-state index >= 15 is 0 Å². The van der Waals surface area contributed by atoms with Crippen LogP contribution < -0.4 is 5.32 Å². The zero-order valence-electron chi connectivity index (χ0n) is 15.6. The lowest BCUT2D eigenvalue weighted by Crippen LogP contribution is -2.14. The summed E-state index contributed by atoms with van der Waals surface area (Å²) in [5, 5.41) is 6.77. The summed E-state index contributed by atoms with van der Waals surface area (Å²) in [5.74, 6) is -0.610. The maximum atomic E-state index is 14.5. The van der Waals surface area contributed by atoms with Gasteiger partial charge in [-0.3, -0.25) is 10.1 Å². The number of anilines is 1. The quantitative estimate of drug-likeness (QED) is 0.547. The number of hydrogen-bond acceptors (Lipinski definition) is 5. The maximum Gasteiger partial charge on any atom is 0.241 e. The summed E-state index contributed by atoms with van der Waals surface area (Å²) in [4.78, 5) is 20.7. The fourth-order valence-electron chi connectivity index (χ4n) is 3.01. The lowest BCUT2D eigenvalue weighted by Gasteiger charge is -2.07. The van der Waals surface area contributed by atoms with Crippen LogP contribution in [0.5, 0.6) is 0 Å². The van der Waals surface area contributed by atoms with E-state index in [4.69, 9.17) is 4.52 Å². The number of aryl methyl sites for hydroxylation is 1. The molecule has 0 fully saturated rings. The van der Waals surface area contributed by atoms with Crippen molar-refractivity contribution in [2.75, 3.05) is 5.32 Å². The van der Waals surface area contributed by atoms with E-state index in [2.05, 4.69) is 20.4 Å². The van der Waals surface area contributed by atoms with Crippen molar-refractivity contribution >= 4 is 11.8 Å². The van der Waals surface area contributed by atoms with Crippen molar-refractivity contribution in [3.05, 3.63) is 84.1 Å². The predicted octanol–water partition coefficient (Wildman–Crippen LogP) is 4.43. The van der Waals surface area contributed by atoms with Crippen molar-refractivity contribution < 1.29 is 13.7 Å². The Labute approximate surface area is 166 Å². The lowest BCUT2D eigenvalue weighted by molar-refractivity contribution is -0.115. The fraction of sp³-hybridized carbons (Fsp3) is 0.0909. The van der Waals surface area contributed by atoms with Gasteiger partial charge in [-0.1, -0.05) is 47.1 Å². The number of carbonyl (C=O) groups excluding carboxylic acids is 1. The van der Waals surface area contributed by atoms with Gasteiger partial charge in [0.2, 0.25) is 11.8 Å². The highest BCUT2D eigenvalue weighted by Crippen LogP contribution is 2.38. The SMILES string of the molecule is Cc1ccc(F)c(-c2noc(NC(=O)Cc3ccccc3)c2-c2ccncn2)c1. The molecule has 29 heavy (non-hydrogen) atoms. The van der Waals surface area contributed by atoms with Gasteiger partial charge in [-0.15, -0.1) is 0 Å². The van der Waals surface area contributed by atoms with Gasteiger partial charge in [0.15, 0.2) is 0 Å². The first kappa shape index (κ1) is 18.5. The van der Waals surface area contributed by atoms with Crippen LogP contribution in [-0.2, 0) is 11.2 Å². The number of nitrogens with one attached hydrogen (secondary N) is 1. The minimum atomic E-state index is -0.443. The summed E-state index contributed by atoms with van der Waals surface area (Å²) in [7, 11) is 0. The zero-order valence-corrected chi connectivity index (χ0v) is 15.6. The minimum absolute atomic E-state index is 0.112. The van der Waals surface area contributed by atoms with Gasteiger partial charge >= 0.3 is 0 Å². The average Bonchev–Trinajstić information content (AvgIpc) is 3.14. The first-order valence-corrected chi connectivity index (χ1v) is 8.98. The second-order valence-corrected chi connectivity index (χ2v) is 6.52. The molecule has 4 aromatic rings. The first-order valence-electron chi connectivity index (χ1n) is 8.98. The van der Waals surface area contributed by atoms with Crippen molar-refractivity contribution in [3.8, 4) is 22.5 Å². The number of nitrogens with zero attached hydrogens (tertiary/aromatic N) is 3. The monoisotopic (exact) mass is 388 g/mol. The van der Waals surface area contributed by atoms with Gasteiger partial charge in [0.1, 0.15) is 17.8 Å². The van der Waals surface area contributed by atoms with Crippen LogP contribution in [-0.4, -0.2) is 21.0 Å². The second-order valence-electron chi connectivity index (χ2n) is 6.52. The highest BCUT2D eigenvalue weighted by atomic mass is 19.1. The number of halogens is 1. The molecule has 144 valence electrons. The second kappa shape index (κ2) is 8.02. The lowest BCUT2D eigenvalue weighted by atomic mass is 10.0. The molecule has 1 N–H and O–H groups in total. The molecule has 0 bridgehead atoms. The molecule has 0 atom stereocenters. The van der Waals surface area contributed by atoms with E-state index in [0.717, 1.165) is 11.1 Å². The van der Waals surface area contributed by atoms with Gasteiger partial charge in [0.05, 0.1) is 17.7 Å². The molecular formula is C22H17FN4O2. The van der Waals surface area contributed by atoms with Crippen molar-refractivity contribution in [2.45, 2.75) is 13.3 Å². The molecule has 0 aliphatic heterocycles. The zero-order chi connectivity index (χ0) is 20.2. The number of amides is 1. The predicted molar refractivity (Wildman–Crippen MR) is 106 cm³/mol. The summed E-state index contributed by atoms with van der Waals surface area (Å²) in [6.45, 7) is 1.86. The van der Waals surface area contributed by atoms with Gasteiger partial charge in [-0.05, 0) is 30.7 Å². The van der Waals surface area contributed by atoms with Crippen molar-refractivity contribution in [3.63, 3.8) is 0 Å². The van der Waals surface area contributed by atoms with Crippen LogP contribution in [0.3, 0.4) is 0 Å². The third kappa shape index (κ3) is 4.03.